The van der Waals surface area contributed by atoms with E-state index in [9.17, 15) is 30.7 Å². The van der Waals surface area contributed by atoms with Gasteiger partial charge in [0.15, 0.2) is 0 Å². The second kappa shape index (κ2) is 1.64. The summed E-state index contributed by atoms with van der Waals surface area (Å²) in [6.07, 6.45) is -4.08. The van der Waals surface area contributed by atoms with Crippen molar-refractivity contribution in [3.8, 4) is 0 Å². The van der Waals surface area contributed by atoms with Gasteiger partial charge in [0.2, 0.25) is 6.17 Å². The van der Waals surface area contributed by atoms with E-state index in [4.69, 9.17) is 0 Å². The summed E-state index contributed by atoms with van der Waals surface area (Å²) >= 11 is 0. The number of halogens is 7. The van der Waals surface area contributed by atoms with E-state index in [-0.39, 0.29) is 0 Å². The standard InChI is InChI=1S/C4HF7/c5-1-2(6,7)4(10,11)3(1,8)9/h1H. The molecule has 0 aliphatic heterocycles. The lowest BCUT2D eigenvalue weighted by Crippen LogP contribution is -2.76. The van der Waals surface area contributed by atoms with Gasteiger partial charge in [0.25, 0.3) is 0 Å². The second-order valence-electron chi connectivity index (χ2n) is 2.18. The Labute approximate surface area is 56.0 Å². The Kier molecular flexibility index (Phi) is 1.28. The molecule has 0 nitrogen and oxygen atoms in total. The maximum absolute atomic E-state index is 11.6. The van der Waals surface area contributed by atoms with Gasteiger partial charge in [-0.2, -0.15) is 26.3 Å². The van der Waals surface area contributed by atoms with Gasteiger partial charge < -0.3 is 0 Å². The Morgan fingerprint density at radius 1 is 0.727 bits per heavy atom. The lowest BCUT2D eigenvalue weighted by Gasteiger charge is -2.45. The first-order valence-corrected chi connectivity index (χ1v) is 2.43. The van der Waals surface area contributed by atoms with E-state index in [0.717, 1.165) is 0 Å². The summed E-state index contributed by atoms with van der Waals surface area (Å²) in [5, 5.41) is 0. The van der Waals surface area contributed by atoms with Gasteiger partial charge in [0, 0.05) is 0 Å². The van der Waals surface area contributed by atoms with Crippen LogP contribution in [0, 0.1) is 0 Å². The van der Waals surface area contributed by atoms with Crippen molar-refractivity contribution >= 4 is 0 Å². The highest BCUT2D eigenvalue weighted by Crippen LogP contribution is 2.62. The van der Waals surface area contributed by atoms with E-state index in [0.29, 0.717) is 0 Å². The Bertz CT molecular complexity index is 165. The van der Waals surface area contributed by atoms with E-state index in [2.05, 4.69) is 0 Å². The Balaban J connectivity index is 2.98. The third kappa shape index (κ3) is 0.616. The minimum atomic E-state index is -5.56. The second-order valence-corrected chi connectivity index (χ2v) is 2.18. The summed E-state index contributed by atoms with van der Waals surface area (Å²) in [7, 11) is 0. The Morgan fingerprint density at radius 3 is 1.09 bits per heavy atom. The summed E-state index contributed by atoms with van der Waals surface area (Å²) in [6.45, 7) is 0. The van der Waals surface area contributed by atoms with Crippen LogP contribution < -0.4 is 0 Å². The molecule has 0 aromatic rings. The lowest BCUT2D eigenvalue weighted by molar-refractivity contribution is -0.432. The number of hydrogen-bond donors (Lipinski definition) is 0. The fourth-order valence-corrected chi connectivity index (χ4v) is 0.690. The zero-order valence-corrected chi connectivity index (χ0v) is 4.72. The molecule has 0 unspecified atom stereocenters. The summed E-state index contributed by atoms with van der Waals surface area (Å²) in [5.74, 6) is -16.0. The van der Waals surface area contributed by atoms with Crippen LogP contribution in [0.25, 0.3) is 0 Å². The van der Waals surface area contributed by atoms with Crippen molar-refractivity contribution in [1.82, 2.24) is 0 Å². The molecule has 1 rings (SSSR count). The SMILES string of the molecule is FC1C(F)(F)C(F)(F)C1(F)F. The molecule has 0 aromatic carbocycles. The van der Waals surface area contributed by atoms with Crippen molar-refractivity contribution < 1.29 is 30.7 Å². The van der Waals surface area contributed by atoms with Gasteiger partial charge >= 0.3 is 17.8 Å². The number of hydrogen-bond acceptors (Lipinski definition) is 0. The van der Waals surface area contributed by atoms with Crippen LogP contribution >= 0.6 is 0 Å². The summed E-state index contributed by atoms with van der Waals surface area (Å²) < 4.78 is 81.2. The van der Waals surface area contributed by atoms with E-state index >= 15 is 0 Å². The van der Waals surface area contributed by atoms with Crippen molar-refractivity contribution in [2.75, 3.05) is 0 Å². The van der Waals surface area contributed by atoms with Crippen LogP contribution in [0.15, 0.2) is 0 Å². The van der Waals surface area contributed by atoms with Crippen LogP contribution in [-0.4, -0.2) is 23.9 Å². The first-order chi connectivity index (χ1) is 4.65. The maximum Gasteiger partial charge on any atom is 0.378 e. The number of rotatable bonds is 0. The lowest BCUT2D eigenvalue weighted by atomic mass is 9.82. The van der Waals surface area contributed by atoms with Crippen LogP contribution in [0.2, 0.25) is 0 Å². The van der Waals surface area contributed by atoms with E-state index < -0.39 is 23.9 Å². The topological polar surface area (TPSA) is 0 Å². The predicted molar refractivity (Wildman–Crippen MR) is 19.7 cm³/mol. The molecule has 0 spiro atoms. The molecule has 0 radical (unpaired) electrons. The number of alkyl halides is 7. The van der Waals surface area contributed by atoms with Gasteiger partial charge in [-0.05, 0) is 0 Å². The zero-order valence-electron chi connectivity index (χ0n) is 4.72. The van der Waals surface area contributed by atoms with Gasteiger partial charge in [-0.1, -0.05) is 0 Å². The fourth-order valence-electron chi connectivity index (χ4n) is 0.690. The molecule has 0 heterocycles. The molecule has 7 heteroatoms. The van der Waals surface area contributed by atoms with Gasteiger partial charge in [-0.3, -0.25) is 0 Å². The highest BCUT2D eigenvalue weighted by molar-refractivity contribution is 5.17. The van der Waals surface area contributed by atoms with Crippen molar-refractivity contribution in [1.29, 1.82) is 0 Å². The molecule has 0 amide bonds. The monoisotopic (exact) mass is 182 g/mol. The first-order valence-electron chi connectivity index (χ1n) is 2.43. The summed E-state index contributed by atoms with van der Waals surface area (Å²) in [5.41, 5.74) is 0. The normalized spacial score (nSPS) is 33.0. The van der Waals surface area contributed by atoms with Crippen LogP contribution in [0.4, 0.5) is 30.7 Å². The fraction of sp³-hybridized carbons (Fsp3) is 1.00. The average molecular weight is 182 g/mol. The van der Waals surface area contributed by atoms with Gasteiger partial charge in [-0.15, -0.1) is 0 Å². The van der Waals surface area contributed by atoms with E-state index in [1.807, 2.05) is 0 Å². The molecule has 0 N–H and O–H groups in total. The van der Waals surface area contributed by atoms with Crippen molar-refractivity contribution in [3.63, 3.8) is 0 Å². The van der Waals surface area contributed by atoms with Gasteiger partial charge in [0.05, 0.1) is 0 Å². The third-order valence-electron chi connectivity index (χ3n) is 1.47. The molecule has 0 atom stereocenters. The van der Waals surface area contributed by atoms with E-state index in [1.165, 1.54) is 0 Å². The van der Waals surface area contributed by atoms with Crippen LogP contribution in [0.1, 0.15) is 0 Å². The molecule has 1 aliphatic carbocycles. The largest absolute Gasteiger partial charge is 0.378 e. The predicted octanol–water partition coefficient (Wildman–Crippen LogP) is 2.24. The van der Waals surface area contributed by atoms with Crippen molar-refractivity contribution in [2.45, 2.75) is 23.9 Å². The van der Waals surface area contributed by atoms with Gasteiger partial charge in [-0.25, -0.2) is 4.39 Å². The smallest absolute Gasteiger partial charge is 0.234 e. The minimum Gasteiger partial charge on any atom is -0.234 e. The molecule has 0 aromatic heterocycles. The Hall–Kier alpha value is -0.490. The Morgan fingerprint density at radius 2 is 1.00 bits per heavy atom. The maximum atomic E-state index is 11.6. The molecule has 1 saturated carbocycles. The van der Waals surface area contributed by atoms with E-state index in [1.54, 1.807) is 0 Å². The molecule has 0 bridgehead atoms. The molecular weight excluding hydrogens is 181 g/mol. The third-order valence-corrected chi connectivity index (χ3v) is 1.47. The van der Waals surface area contributed by atoms with Crippen molar-refractivity contribution in [3.05, 3.63) is 0 Å². The van der Waals surface area contributed by atoms with Crippen molar-refractivity contribution in [2.24, 2.45) is 0 Å². The van der Waals surface area contributed by atoms with Crippen LogP contribution in [-0.2, 0) is 0 Å². The molecule has 1 aliphatic rings. The quantitative estimate of drug-likeness (QED) is 0.504. The average Bonchev–Trinajstić information content (AvgIpc) is 1.84. The summed E-state index contributed by atoms with van der Waals surface area (Å²) in [6, 6.07) is 0. The first kappa shape index (κ1) is 8.61. The summed E-state index contributed by atoms with van der Waals surface area (Å²) in [4.78, 5) is 0. The molecule has 11 heavy (non-hydrogen) atoms. The molecule has 1 fully saturated rings. The van der Waals surface area contributed by atoms with Crippen LogP contribution in [0.5, 0.6) is 0 Å². The zero-order chi connectivity index (χ0) is 9.08. The molecular formula is C4HF7. The highest BCUT2D eigenvalue weighted by Gasteiger charge is 2.91. The molecule has 66 valence electrons. The van der Waals surface area contributed by atoms with Gasteiger partial charge in [0.1, 0.15) is 0 Å². The highest BCUT2D eigenvalue weighted by atomic mass is 19.4. The minimum absolute atomic E-state index is 4.08. The molecule has 0 saturated heterocycles. The van der Waals surface area contributed by atoms with Crippen LogP contribution in [0.3, 0.4) is 0 Å².